The van der Waals surface area contributed by atoms with Crippen LogP contribution < -0.4 is 4.74 Å². The van der Waals surface area contributed by atoms with Crippen LogP contribution in [0.4, 0.5) is 9.18 Å². The molecule has 8 heteroatoms. The van der Waals surface area contributed by atoms with E-state index in [-0.39, 0.29) is 16.5 Å². The predicted octanol–water partition coefficient (Wildman–Crippen LogP) is 6.95. The standard InChI is InChI=1S/C24H16Cl2FNO3S/c25-20-7-2-1-5-17(20)14-31-19-6-3-4-15(10-19)11-22-23(29)28(24(30)32-22)13-16-8-9-18(27)12-21(16)26/h1-12H,13-14H2/b22-11+. The average molecular weight is 488 g/mol. The largest absolute Gasteiger partial charge is 0.489 e. The van der Waals surface area contributed by atoms with Crippen molar-refractivity contribution in [3.05, 3.63) is 104 Å². The summed E-state index contributed by atoms with van der Waals surface area (Å²) in [5, 5.41) is 0.378. The van der Waals surface area contributed by atoms with Crippen LogP contribution in [0.1, 0.15) is 16.7 Å². The molecule has 0 atom stereocenters. The quantitative estimate of drug-likeness (QED) is 0.353. The summed E-state index contributed by atoms with van der Waals surface area (Å²) in [5.41, 5.74) is 2.07. The first-order chi connectivity index (χ1) is 15.4. The van der Waals surface area contributed by atoms with Gasteiger partial charge < -0.3 is 4.74 Å². The highest BCUT2D eigenvalue weighted by atomic mass is 35.5. The molecule has 4 nitrogen and oxygen atoms in total. The van der Waals surface area contributed by atoms with Gasteiger partial charge in [0.05, 0.1) is 11.4 Å². The number of amides is 2. The van der Waals surface area contributed by atoms with Gasteiger partial charge in [-0.25, -0.2) is 4.39 Å². The number of ether oxygens (including phenoxy) is 1. The second-order valence-electron chi connectivity index (χ2n) is 6.96. The van der Waals surface area contributed by atoms with E-state index >= 15 is 0 Å². The van der Waals surface area contributed by atoms with E-state index in [1.54, 1.807) is 30.3 Å². The molecule has 162 valence electrons. The number of hydrogen-bond donors (Lipinski definition) is 0. The summed E-state index contributed by atoms with van der Waals surface area (Å²) in [6, 6.07) is 18.5. The van der Waals surface area contributed by atoms with Crippen molar-refractivity contribution in [2.45, 2.75) is 13.2 Å². The lowest BCUT2D eigenvalue weighted by Crippen LogP contribution is -2.27. The Balaban J connectivity index is 1.48. The molecular formula is C24H16Cl2FNO3S. The van der Waals surface area contributed by atoms with Crippen LogP contribution >= 0.6 is 35.0 Å². The first-order valence-electron chi connectivity index (χ1n) is 9.56. The topological polar surface area (TPSA) is 46.6 Å². The minimum atomic E-state index is -0.482. The Labute approximate surface area is 198 Å². The maximum absolute atomic E-state index is 13.3. The van der Waals surface area contributed by atoms with Gasteiger partial charge in [-0.2, -0.15) is 0 Å². The molecular weight excluding hydrogens is 472 g/mol. The van der Waals surface area contributed by atoms with E-state index in [4.69, 9.17) is 27.9 Å². The molecule has 1 aliphatic rings. The summed E-state index contributed by atoms with van der Waals surface area (Å²) in [6.07, 6.45) is 1.64. The van der Waals surface area contributed by atoms with Crippen LogP contribution in [0.15, 0.2) is 71.6 Å². The molecule has 1 aliphatic heterocycles. The summed E-state index contributed by atoms with van der Waals surface area (Å²) < 4.78 is 19.1. The molecule has 0 saturated carbocycles. The molecule has 0 spiro atoms. The number of benzene rings is 3. The van der Waals surface area contributed by atoms with E-state index in [0.717, 1.165) is 28.3 Å². The molecule has 1 fully saturated rings. The molecule has 32 heavy (non-hydrogen) atoms. The molecule has 3 aromatic rings. The average Bonchev–Trinajstić information content (AvgIpc) is 3.02. The smallest absolute Gasteiger partial charge is 0.293 e. The number of rotatable bonds is 6. The monoisotopic (exact) mass is 487 g/mol. The van der Waals surface area contributed by atoms with Gasteiger partial charge in [0.25, 0.3) is 11.1 Å². The molecule has 1 heterocycles. The molecule has 0 aliphatic carbocycles. The van der Waals surface area contributed by atoms with Crippen LogP contribution in [0.2, 0.25) is 10.0 Å². The fraction of sp³-hybridized carbons (Fsp3) is 0.0833. The van der Waals surface area contributed by atoms with Crippen LogP contribution in [0.3, 0.4) is 0 Å². The maximum atomic E-state index is 13.3. The van der Waals surface area contributed by atoms with E-state index < -0.39 is 17.0 Å². The molecule has 3 aromatic carbocycles. The van der Waals surface area contributed by atoms with Crippen molar-refractivity contribution < 1.29 is 18.7 Å². The number of nitrogens with zero attached hydrogens (tertiary/aromatic N) is 1. The lowest BCUT2D eigenvalue weighted by Gasteiger charge is -2.13. The molecule has 0 aromatic heterocycles. The van der Waals surface area contributed by atoms with Crippen LogP contribution in [0, 0.1) is 5.82 Å². The first kappa shape index (κ1) is 22.4. The van der Waals surface area contributed by atoms with Crippen molar-refractivity contribution in [1.82, 2.24) is 4.90 Å². The van der Waals surface area contributed by atoms with E-state index in [1.165, 1.54) is 12.1 Å². The summed E-state index contributed by atoms with van der Waals surface area (Å²) in [5.74, 6) is -0.303. The Hall–Kier alpha value is -2.80. The van der Waals surface area contributed by atoms with Gasteiger partial charge in [0, 0.05) is 15.6 Å². The summed E-state index contributed by atoms with van der Waals surface area (Å²) in [4.78, 5) is 26.6. The summed E-state index contributed by atoms with van der Waals surface area (Å²) in [7, 11) is 0. The normalized spacial score (nSPS) is 15.0. The van der Waals surface area contributed by atoms with Crippen molar-refractivity contribution in [3.63, 3.8) is 0 Å². The molecule has 1 saturated heterocycles. The van der Waals surface area contributed by atoms with Crippen LogP contribution in [-0.4, -0.2) is 16.0 Å². The lowest BCUT2D eigenvalue weighted by atomic mass is 10.2. The van der Waals surface area contributed by atoms with Gasteiger partial charge in [-0.05, 0) is 59.3 Å². The second-order valence-corrected chi connectivity index (χ2v) is 8.76. The highest BCUT2D eigenvalue weighted by Gasteiger charge is 2.35. The van der Waals surface area contributed by atoms with E-state index in [2.05, 4.69) is 0 Å². The highest BCUT2D eigenvalue weighted by molar-refractivity contribution is 8.18. The number of imide groups is 1. The van der Waals surface area contributed by atoms with Crippen molar-refractivity contribution >= 4 is 52.2 Å². The van der Waals surface area contributed by atoms with E-state index in [9.17, 15) is 14.0 Å². The van der Waals surface area contributed by atoms with Crippen molar-refractivity contribution in [2.75, 3.05) is 0 Å². The molecule has 2 amide bonds. The molecule has 0 unspecified atom stereocenters. The van der Waals surface area contributed by atoms with Gasteiger partial charge in [-0.15, -0.1) is 0 Å². The molecule has 0 bridgehead atoms. The van der Waals surface area contributed by atoms with Gasteiger partial charge in [0.2, 0.25) is 0 Å². The third-order valence-corrected chi connectivity index (χ3v) is 6.35. The highest BCUT2D eigenvalue weighted by Crippen LogP contribution is 2.34. The molecule has 0 N–H and O–H groups in total. The van der Waals surface area contributed by atoms with Gasteiger partial charge in [0.1, 0.15) is 18.2 Å². The number of halogens is 3. The first-order valence-corrected chi connectivity index (χ1v) is 11.1. The number of hydrogen-bond acceptors (Lipinski definition) is 4. The SMILES string of the molecule is O=C1S/C(=C/c2cccc(OCc3ccccc3Cl)c2)C(=O)N1Cc1ccc(F)cc1Cl. The van der Waals surface area contributed by atoms with E-state index in [0.29, 0.717) is 28.5 Å². The van der Waals surface area contributed by atoms with E-state index in [1.807, 2.05) is 24.3 Å². The minimum Gasteiger partial charge on any atom is -0.489 e. The number of carbonyl (C=O) groups is 2. The fourth-order valence-corrected chi connectivity index (χ4v) is 4.33. The second kappa shape index (κ2) is 9.77. The zero-order valence-electron chi connectivity index (χ0n) is 16.6. The zero-order chi connectivity index (χ0) is 22.7. The third-order valence-electron chi connectivity index (χ3n) is 4.73. The van der Waals surface area contributed by atoms with Gasteiger partial charge in [0.15, 0.2) is 0 Å². The summed E-state index contributed by atoms with van der Waals surface area (Å²) in [6.45, 7) is 0.278. The molecule has 4 rings (SSSR count). The number of carbonyl (C=O) groups excluding carboxylic acids is 2. The van der Waals surface area contributed by atoms with Gasteiger partial charge in [-0.1, -0.05) is 59.6 Å². The van der Waals surface area contributed by atoms with Crippen molar-refractivity contribution in [2.24, 2.45) is 0 Å². The Kier molecular flexibility index (Phi) is 6.84. The van der Waals surface area contributed by atoms with Gasteiger partial charge in [-0.3, -0.25) is 14.5 Å². The minimum absolute atomic E-state index is 0.0257. The Bertz CT molecular complexity index is 1230. The van der Waals surface area contributed by atoms with Crippen LogP contribution in [-0.2, 0) is 17.9 Å². The predicted molar refractivity (Wildman–Crippen MR) is 125 cm³/mol. The van der Waals surface area contributed by atoms with Gasteiger partial charge >= 0.3 is 0 Å². The summed E-state index contributed by atoms with van der Waals surface area (Å²) >= 11 is 13.0. The third kappa shape index (κ3) is 5.15. The van der Waals surface area contributed by atoms with Crippen molar-refractivity contribution in [3.8, 4) is 5.75 Å². The van der Waals surface area contributed by atoms with Crippen LogP contribution in [0.5, 0.6) is 5.75 Å². The number of thioether (sulfide) groups is 1. The maximum Gasteiger partial charge on any atom is 0.293 e. The Morgan fingerprint density at radius 2 is 1.75 bits per heavy atom. The Morgan fingerprint density at radius 1 is 0.938 bits per heavy atom. The Morgan fingerprint density at radius 3 is 2.53 bits per heavy atom. The van der Waals surface area contributed by atoms with Crippen molar-refractivity contribution in [1.29, 1.82) is 0 Å². The van der Waals surface area contributed by atoms with Crippen LogP contribution in [0.25, 0.3) is 6.08 Å². The lowest BCUT2D eigenvalue weighted by molar-refractivity contribution is -0.123. The molecule has 0 radical (unpaired) electrons. The zero-order valence-corrected chi connectivity index (χ0v) is 18.9. The fourth-order valence-electron chi connectivity index (χ4n) is 3.08.